The predicted molar refractivity (Wildman–Crippen MR) is 172 cm³/mol. The fourth-order valence-electron chi connectivity index (χ4n) is 5.69. The molecule has 226 valence electrons. The van der Waals surface area contributed by atoms with Gasteiger partial charge in [-0.05, 0) is 36.2 Å². The zero-order chi connectivity index (χ0) is 30.8. The third-order valence-electron chi connectivity index (χ3n) is 8.22. The van der Waals surface area contributed by atoms with Crippen molar-refractivity contribution in [2.45, 2.75) is 32.6 Å². The Kier molecular flexibility index (Phi) is 9.32. The van der Waals surface area contributed by atoms with E-state index in [0.29, 0.717) is 22.9 Å². The summed E-state index contributed by atoms with van der Waals surface area (Å²) in [6.45, 7) is 4.50. The van der Waals surface area contributed by atoms with Gasteiger partial charge in [-0.1, -0.05) is 78.7 Å². The first-order chi connectivity index (χ1) is 20.6. The Bertz CT molecular complexity index is 1660. The number of para-hydroxylation sites is 1. The van der Waals surface area contributed by atoms with Crippen molar-refractivity contribution < 1.29 is 19.4 Å². The summed E-state index contributed by atoms with van der Waals surface area (Å²) in [5, 5.41) is 14.6. The van der Waals surface area contributed by atoms with Gasteiger partial charge in [0.1, 0.15) is 5.69 Å². The van der Waals surface area contributed by atoms with Crippen molar-refractivity contribution in [3.8, 4) is 11.1 Å². The van der Waals surface area contributed by atoms with E-state index in [1.807, 2.05) is 74.0 Å². The average Bonchev–Trinajstić information content (AvgIpc) is 3.30. The molecule has 0 fully saturated rings. The van der Waals surface area contributed by atoms with Gasteiger partial charge in [-0.3, -0.25) is 4.79 Å². The second-order valence-corrected chi connectivity index (χ2v) is 12.0. The highest BCUT2D eigenvalue weighted by Crippen LogP contribution is 2.38. The van der Waals surface area contributed by atoms with Gasteiger partial charge in [-0.15, -0.1) is 0 Å². The molecule has 3 aromatic carbocycles. The maximum absolute atomic E-state index is 14.5. The maximum atomic E-state index is 14.5. The van der Waals surface area contributed by atoms with E-state index in [1.165, 1.54) is 4.90 Å². The summed E-state index contributed by atoms with van der Waals surface area (Å²) < 4.78 is 8.53. The normalized spacial score (nSPS) is 18.0. The van der Waals surface area contributed by atoms with Crippen LogP contribution in [0.2, 0.25) is 10.0 Å². The fraction of sp³-hybridized carbons (Fsp3) is 0.333. The average molecular weight is 624 g/mol. The molecule has 1 aliphatic rings. The van der Waals surface area contributed by atoms with Gasteiger partial charge >= 0.3 is 6.03 Å². The number of aromatic nitrogens is 1. The van der Waals surface area contributed by atoms with Crippen molar-refractivity contribution in [2.24, 2.45) is 13.0 Å². The molecule has 1 aliphatic heterocycles. The third kappa shape index (κ3) is 6.10. The molecule has 1 aromatic heterocycles. The molecule has 0 bridgehead atoms. The van der Waals surface area contributed by atoms with Crippen molar-refractivity contribution in [1.82, 2.24) is 14.4 Å². The minimum absolute atomic E-state index is 0.167. The van der Waals surface area contributed by atoms with Crippen LogP contribution in [0, 0.1) is 5.92 Å². The molecular weight excluding hydrogens is 587 g/mol. The van der Waals surface area contributed by atoms with Gasteiger partial charge in [0.2, 0.25) is 0 Å². The van der Waals surface area contributed by atoms with Gasteiger partial charge in [0.25, 0.3) is 5.91 Å². The lowest BCUT2D eigenvalue weighted by Gasteiger charge is -2.35. The number of benzene rings is 3. The largest absolute Gasteiger partial charge is 0.394 e. The molecule has 0 spiro atoms. The molecule has 3 amide bonds. The van der Waals surface area contributed by atoms with Crippen molar-refractivity contribution in [3.05, 3.63) is 88.0 Å². The van der Waals surface area contributed by atoms with E-state index in [9.17, 15) is 14.7 Å². The number of amides is 3. The highest BCUT2D eigenvalue weighted by atomic mass is 35.5. The van der Waals surface area contributed by atoms with E-state index in [-0.39, 0.29) is 42.6 Å². The van der Waals surface area contributed by atoms with Crippen LogP contribution in [0.3, 0.4) is 0 Å². The van der Waals surface area contributed by atoms with Crippen molar-refractivity contribution in [2.75, 3.05) is 32.1 Å². The molecule has 2 heterocycles. The number of urea groups is 1. The van der Waals surface area contributed by atoms with Crippen molar-refractivity contribution >= 4 is 51.7 Å². The molecule has 2 N–H and O–H groups in total. The molecule has 5 rings (SSSR count). The number of likely N-dealkylation sites (N-methyl/N-ethyl adjacent to an activating group) is 1. The summed E-state index contributed by atoms with van der Waals surface area (Å²) in [4.78, 5) is 30.9. The molecular formula is C33H36Cl2N4O4. The number of anilines is 1. The van der Waals surface area contributed by atoms with Crippen LogP contribution in [-0.2, 0) is 18.4 Å². The van der Waals surface area contributed by atoms with E-state index < -0.39 is 12.1 Å². The van der Waals surface area contributed by atoms with Crippen LogP contribution in [0.4, 0.5) is 10.5 Å². The summed E-state index contributed by atoms with van der Waals surface area (Å²) in [6.07, 6.45) is -0.433. The van der Waals surface area contributed by atoms with E-state index in [1.54, 1.807) is 30.1 Å². The van der Waals surface area contributed by atoms with E-state index in [4.69, 9.17) is 27.9 Å². The van der Waals surface area contributed by atoms with Crippen molar-refractivity contribution in [1.29, 1.82) is 0 Å². The molecule has 0 saturated carbocycles. The van der Waals surface area contributed by atoms with Crippen LogP contribution in [0.25, 0.3) is 22.0 Å². The number of nitrogens with zero attached hydrogens (tertiary/aromatic N) is 3. The summed E-state index contributed by atoms with van der Waals surface area (Å²) in [5.74, 6) is -0.356. The Labute approximate surface area is 261 Å². The lowest BCUT2D eigenvalue weighted by Crippen LogP contribution is -2.48. The molecule has 0 aliphatic carbocycles. The van der Waals surface area contributed by atoms with E-state index in [2.05, 4.69) is 5.32 Å². The highest BCUT2D eigenvalue weighted by molar-refractivity contribution is 6.44. The monoisotopic (exact) mass is 622 g/mol. The standard InChI is InChI=1S/C33H36Cl2N4O4/c1-20-16-39(21(2)18-40)32(41)31-29(24-12-7-8-15-27(24)38(31)4)23-11-6-5-10-22(23)19-43-28(20)17-37(3)33(42)36-26-14-9-13-25(34)30(26)35/h5-15,20-21,28,40H,16-19H2,1-4H3,(H,36,42)/t20-,21-,28+/m0/s1. The second-order valence-electron chi connectivity index (χ2n) is 11.2. The summed E-state index contributed by atoms with van der Waals surface area (Å²) >= 11 is 12.4. The molecule has 0 radical (unpaired) electrons. The summed E-state index contributed by atoms with van der Waals surface area (Å²) in [6, 6.07) is 20.2. The molecule has 0 unspecified atom stereocenters. The highest BCUT2D eigenvalue weighted by Gasteiger charge is 2.34. The molecule has 8 nitrogen and oxygen atoms in total. The Morgan fingerprint density at radius 2 is 1.84 bits per heavy atom. The SMILES string of the molecule is C[C@H]1CN([C@@H](C)CO)C(=O)c2c(c3ccccc3n2C)-c2ccccc2CO[C@@H]1CN(C)C(=O)Nc1cccc(Cl)c1Cl. The number of rotatable bonds is 5. The molecule has 4 aromatic rings. The zero-order valence-corrected chi connectivity index (χ0v) is 26.2. The number of aliphatic hydroxyl groups is 1. The van der Waals surface area contributed by atoms with Crippen LogP contribution in [0.15, 0.2) is 66.7 Å². The first-order valence-corrected chi connectivity index (χ1v) is 15.0. The Morgan fingerprint density at radius 1 is 1.12 bits per heavy atom. The van der Waals surface area contributed by atoms with Crippen LogP contribution < -0.4 is 5.32 Å². The Morgan fingerprint density at radius 3 is 2.60 bits per heavy atom. The maximum Gasteiger partial charge on any atom is 0.321 e. The predicted octanol–water partition coefficient (Wildman–Crippen LogP) is 6.67. The lowest BCUT2D eigenvalue weighted by atomic mass is 9.96. The number of hydrogen-bond acceptors (Lipinski definition) is 4. The number of halogens is 2. The first-order valence-electron chi connectivity index (χ1n) is 14.3. The van der Waals surface area contributed by atoms with E-state index >= 15 is 0 Å². The minimum Gasteiger partial charge on any atom is -0.394 e. The van der Waals surface area contributed by atoms with Crippen molar-refractivity contribution in [3.63, 3.8) is 0 Å². The second kappa shape index (κ2) is 13.0. The fourth-order valence-corrected chi connectivity index (χ4v) is 6.04. The number of aliphatic hydroxyl groups excluding tert-OH is 1. The van der Waals surface area contributed by atoms with Crippen LogP contribution in [0.1, 0.15) is 29.9 Å². The summed E-state index contributed by atoms with van der Waals surface area (Å²) in [5.41, 5.74) is 4.62. The molecule has 0 saturated heterocycles. The molecule has 43 heavy (non-hydrogen) atoms. The first kappa shape index (κ1) is 30.9. The van der Waals surface area contributed by atoms with Crippen LogP contribution >= 0.6 is 23.2 Å². The molecule has 10 heteroatoms. The Hall–Kier alpha value is -3.56. The van der Waals surface area contributed by atoms with E-state index in [0.717, 1.165) is 27.6 Å². The number of carbonyl (C=O) groups is 2. The van der Waals surface area contributed by atoms with Gasteiger partial charge in [-0.2, -0.15) is 0 Å². The number of hydrogen-bond donors (Lipinski definition) is 2. The topological polar surface area (TPSA) is 87.0 Å². The Balaban J connectivity index is 1.53. The van der Waals surface area contributed by atoms with Gasteiger partial charge in [0.15, 0.2) is 0 Å². The van der Waals surface area contributed by atoms with Gasteiger partial charge in [-0.25, -0.2) is 4.79 Å². The number of ether oxygens (including phenoxy) is 1. The zero-order valence-electron chi connectivity index (χ0n) is 24.7. The van der Waals surface area contributed by atoms with Crippen LogP contribution in [0.5, 0.6) is 0 Å². The van der Waals surface area contributed by atoms with Gasteiger partial charge < -0.3 is 29.5 Å². The van der Waals surface area contributed by atoms with Gasteiger partial charge in [0.05, 0.1) is 41.1 Å². The van der Waals surface area contributed by atoms with Gasteiger partial charge in [0, 0.05) is 49.6 Å². The third-order valence-corrected chi connectivity index (χ3v) is 9.04. The number of carbonyl (C=O) groups excluding carboxylic acids is 2. The quantitative estimate of drug-likeness (QED) is 0.260. The number of aryl methyl sites for hydroxylation is 1. The molecule has 3 atom stereocenters. The summed E-state index contributed by atoms with van der Waals surface area (Å²) in [7, 11) is 3.59. The number of fused-ring (bicyclic) bond motifs is 5. The smallest absolute Gasteiger partial charge is 0.321 e. The van der Waals surface area contributed by atoms with Crippen LogP contribution in [-0.4, -0.2) is 70.3 Å². The number of nitrogens with one attached hydrogen (secondary N) is 1. The minimum atomic E-state index is -0.441. The lowest BCUT2D eigenvalue weighted by molar-refractivity contribution is -0.0179.